The van der Waals surface area contributed by atoms with Gasteiger partial charge in [0, 0.05) is 0 Å². The lowest BCUT2D eigenvalue weighted by Gasteiger charge is -1.96. The second-order valence-electron chi connectivity index (χ2n) is 2.94. The molecule has 3 nitrogen and oxygen atoms in total. The molecule has 1 aromatic rings. The predicted octanol–water partition coefficient (Wildman–Crippen LogP) is 2.52. The number of carbonyl (C=O) groups excluding carboxylic acids is 1. The fourth-order valence-electron chi connectivity index (χ4n) is 1.14. The van der Waals surface area contributed by atoms with E-state index in [4.69, 9.17) is 17.3 Å². The molecule has 1 aromatic carbocycles. The molecule has 1 saturated heterocycles. The molecule has 0 bridgehead atoms. The fourth-order valence-corrected chi connectivity index (χ4v) is 2.18. The number of nitrogens with one attached hydrogen (secondary N) is 1. The molecule has 5 heteroatoms. The zero-order valence-corrected chi connectivity index (χ0v) is 9.19. The summed E-state index contributed by atoms with van der Waals surface area (Å²) in [6.07, 6.45) is 1.81. The highest BCUT2D eigenvalue weighted by atomic mass is 32.2. The Morgan fingerprint density at radius 2 is 2.00 bits per heavy atom. The molecule has 0 radical (unpaired) electrons. The van der Waals surface area contributed by atoms with Gasteiger partial charge < -0.3 is 10.4 Å². The summed E-state index contributed by atoms with van der Waals surface area (Å²) in [7, 11) is 0. The summed E-state index contributed by atoms with van der Waals surface area (Å²) in [5.74, 6) is 0.216. The molecule has 0 unspecified atom stereocenters. The van der Waals surface area contributed by atoms with Gasteiger partial charge in [-0.1, -0.05) is 24.4 Å². The number of hydrogen-bond acceptors (Lipinski definition) is 4. The van der Waals surface area contributed by atoms with Gasteiger partial charge in [0.15, 0.2) is 0 Å². The van der Waals surface area contributed by atoms with E-state index in [0.29, 0.717) is 4.99 Å². The van der Waals surface area contributed by atoms with E-state index in [-0.39, 0.29) is 11.0 Å². The maximum absolute atomic E-state index is 11.0. The highest BCUT2D eigenvalue weighted by Gasteiger charge is 2.21. The van der Waals surface area contributed by atoms with Crippen molar-refractivity contribution in [2.45, 2.75) is 0 Å². The minimum absolute atomic E-state index is 0.148. The number of carbonyl (C=O) groups is 1. The first-order valence-electron chi connectivity index (χ1n) is 4.19. The third-order valence-corrected chi connectivity index (χ3v) is 3.11. The van der Waals surface area contributed by atoms with Crippen LogP contribution < -0.4 is 5.32 Å². The van der Waals surface area contributed by atoms with E-state index in [0.717, 1.165) is 22.2 Å². The molecule has 0 aliphatic carbocycles. The molecule has 1 aliphatic heterocycles. The van der Waals surface area contributed by atoms with Crippen LogP contribution in [0.25, 0.3) is 6.08 Å². The van der Waals surface area contributed by atoms with Crippen LogP contribution in [0.15, 0.2) is 29.2 Å². The van der Waals surface area contributed by atoms with Gasteiger partial charge in [-0.25, -0.2) is 0 Å². The van der Waals surface area contributed by atoms with Gasteiger partial charge in [-0.15, -0.1) is 0 Å². The average molecular weight is 237 g/mol. The second-order valence-corrected chi connectivity index (χ2v) is 4.37. The standard InChI is InChI=1S/C10H7NO2S2/c12-7-3-1-6(2-4-7)5-8-9(14)11-10(13)15-8/h1-5,12H,(H,11,13,14)/b8-5-. The molecule has 0 aromatic heterocycles. The predicted molar refractivity (Wildman–Crippen MR) is 64.8 cm³/mol. The van der Waals surface area contributed by atoms with Crippen LogP contribution in [0.4, 0.5) is 4.79 Å². The van der Waals surface area contributed by atoms with Gasteiger partial charge in [0.05, 0.1) is 4.91 Å². The lowest BCUT2D eigenvalue weighted by atomic mass is 10.2. The first kappa shape index (κ1) is 10.2. The highest BCUT2D eigenvalue weighted by molar-refractivity contribution is 8.19. The van der Waals surface area contributed by atoms with Gasteiger partial charge in [0.25, 0.3) is 5.24 Å². The topological polar surface area (TPSA) is 49.3 Å². The van der Waals surface area contributed by atoms with Crippen LogP contribution >= 0.6 is 24.0 Å². The molecule has 1 fully saturated rings. The normalized spacial score (nSPS) is 18.3. The number of benzene rings is 1. The molecule has 0 spiro atoms. The molecule has 1 heterocycles. The van der Waals surface area contributed by atoms with E-state index in [1.54, 1.807) is 24.3 Å². The number of phenolic OH excluding ortho intramolecular Hbond substituents is 1. The van der Waals surface area contributed by atoms with Crippen LogP contribution in [0.3, 0.4) is 0 Å². The largest absolute Gasteiger partial charge is 0.508 e. The van der Waals surface area contributed by atoms with Gasteiger partial charge in [-0.2, -0.15) is 0 Å². The van der Waals surface area contributed by atoms with E-state index < -0.39 is 0 Å². The lowest BCUT2D eigenvalue weighted by Crippen LogP contribution is -2.15. The zero-order chi connectivity index (χ0) is 10.8. The van der Waals surface area contributed by atoms with Crippen LogP contribution in [-0.4, -0.2) is 15.3 Å². The number of thiocarbonyl (C=S) groups is 1. The molecule has 1 amide bonds. The summed E-state index contributed by atoms with van der Waals surface area (Å²) in [4.78, 5) is 12.2. The number of phenols is 1. The third-order valence-electron chi connectivity index (χ3n) is 1.83. The van der Waals surface area contributed by atoms with Gasteiger partial charge in [-0.05, 0) is 35.5 Å². The average Bonchev–Trinajstić information content (AvgIpc) is 2.49. The summed E-state index contributed by atoms with van der Waals surface area (Å²) in [5.41, 5.74) is 0.897. The van der Waals surface area contributed by atoms with Crippen molar-refractivity contribution in [3.05, 3.63) is 34.7 Å². The fraction of sp³-hybridized carbons (Fsp3) is 0. The Hall–Kier alpha value is -1.33. The van der Waals surface area contributed by atoms with E-state index in [1.807, 2.05) is 6.08 Å². The van der Waals surface area contributed by atoms with Gasteiger partial charge >= 0.3 is 0 Å². The smallest absolute Gasteiger partial charge is 0.289 e. The van der Waals surface area contributed by atoms with Gasteiger partial charge in [0.1, 0.15) is 10.7 Å². The Morgan fingerprint density at radius 1 is 1.33 bits per heavy atom. The zero-order valence-electron chi connectivity index (χ0n) is 7.56. The number of thioether (sulfide) groups is 1. The van der Waals surface area contributed by atoms with Crippen molar-refractivity contribution in [2.75, 3.05) is 0 Å². The molecular weight excluding hydrogens is 230 g/mol. The summed E-state index contributed by atoms with van der Waals surface area (Å²) >= 11 is 6.05. The van der Waals surface area contributed by atoms with Crippen molar-refractivity contribution in [2.24, 2.45) is 0 Å². The van der Waals surface area contributed by atoms with Crippen LogP contribution in [0.1, 0.15) is 5.56 Å². The number of rotatable bonds is 1. The Kier molecular flexibility index (Phi) is 2.75. The minimum Gasteiger partial charge on any atom is -0.508 e. The minimum atomic E-state index is -0.148. The number of amides is 1. The molecule has 1 aliphatic rings. The first-order chi connectivity index (χ1) is 7.15. The van der Waals surface area contributed by atoms with Crippen molar-refractivity contribution in [3.8, 4) is 5.75 Å². The van der Waals surface area contributed by atoms with E-state index in [1.165, 1.54) is 0 Å². The van der Waals surface area contributed by atoms with Crippen molar-refractivity contribution in [3.63, 3.8) is 0 Å². The van der Waals surface area contributed by atoms with Crippen molar-refractivity contribution < 1.29 is 9.90 Å². The van der Waals surface area contributed by atoms with Crippen molar-refractivity contribution >= 4 is 40.3 Å². The van der Waals surface area contributed by atoms with Crippen LogP contribution in [0.2, 0.25) is 0 Å². The molecule has 2 rings (SSSR count). The van der Waals surface area contributed by atoms with Crippen molar-refractivity contribution in [1.29, 1.82) is 0 Å². The summed E-state index contributed by atoms with van der Waals surface area (Å²) in [6, 6.07) is 6.69. The summed E-state index contributed by atoms with van der Waals surface area (Å²) in [6.45, 7) is 0. The van der Waals surface area contributed by atoms with Gasteiger partial charge in [0.2, 0.25) is 0 Å². The highest BCUT2D eigenvalue weighted by Crippen LogP contribution is 2.26. The maximum Gasteiger partial charge on any atom is 0.289 e. The van der Waals surface area contributed by atoms with Crippen LogP contribution in [0, 0.1) is 0 Å². The second kappa shape index (κ2) is 4.04. The van der Waals surface area contributed by atoms with Crippen LogP contribution in [0.5, 0.6) is 5.75 Å². The van der Waals surface area contributed by atoms with E-state index in [2.05, 4.69) is 5.32 Å². The third kappa shape index (κ3) is 2.37. The monoisotopic (exact) mass is 237 g/mol. The van der Waals surface area contributed by atoms with Crippen LogP contribution in [-0.2, 0) is 0 Å². The summed E-state index contributed by atoms with van der Waals surface area (Å²) in [5, 5.41) is 11.5. The SMILES string of the molecule is O=C1NC(=S)/C(=C/c2ccc(O)cc2)S1. The Bertz CT molecular complexity index is 451. The maximum atomic E-state index is 11.0. The molecule has 15 heavy (non-hydrogen) atoms. The lowest BCUT2D eigenvalue weighted by molar-refractivity contribution is 0.265. The molecule has 76 valence electrons. The number of aromatic hydroxyl groups is 1. The molecule has 0 saturated carbocycles. The summed E-state index contributed by atoms with van der Waals surface area (Å²) < 4.78 is 0. The Labute approximate surface area is 96.2 Å². The molecule has 0 atom stereocenters. The van der Waals surface area contributed by atoms with E-state index >= 15 is 0 Å². The number of hydrogen-bond donors (Lipinski definition) is 2. The molecule has 2 N–H and O–H groups in total. The Morgan fingerprint density at radius 3 is 2.53 bits per heavy atom. The van der Waals surface area contributed by atoms with Gasteiger partial charge in [-0.3, -0.25) is 4.79 Å². The Balaban J connectivity index is 2.27. The van der Waals surface area contributed by atoms with E-state index in [9.17, 15) is 4.79 Å². The quantitative estimate of drug-likeness (QED) is 0.582. The van der Waals surface area contributed by atoms with Crippen molar-refractivity contribution in [1.82, 2.24) is 5.32 Å². The first-order valence-corrected chi connectivity index (χ1v) is 5.41. The molecular formula is C10H7NO2S2.